The molecule has 0 aromatic heterocycles. The van der Waals surface area contributed by atoms with Crippen molar-refractivity contribution in [3.8, 4) is 6.07 Å². The zero-order valence-corrected chi connectivity index (χ0v) is 12.9. The third-order valence-corrected chi connectivity index (χ3v) is 5.00. The van der Waals surface area contributed by atoms with Gasteiger partial charge in [-0.05, 0) is 43.6 Å². The number of hydrogen-bond acceptors (Lipinski definition) is 4. The second-order valence-corrected chi connectivity index (χ2v) is 7.17. The van der Waals surface area contributed by atoms with Crippen molar-refractivity contribution in [2.75, 3.05) is 26.2 Å². The highest BCUT2D eigenvalue weighted by molar-refractivity contribution is 7.88. The van der Waals surface area contributed by atoms with E-state index in [2.05, 4.69) is 9.62 Å². The Morgan fingerprint density at radius 3 is 2.43 bits per heavy atom. The molecular weight excluding hydrogens is 286 g/mol. The van der Waals surface area contributed by atoms with Gasteiger partial charge in [0.2, 0.25) is 10.0 Å². The highest BCUT2D eigenvalue weighted by Gasteiger charge is 2.13. The predicted octanol–water partition coefficient (Wildman–Crippen LogP) is 1.46. The molecule has 1 fully saturated rings. The zero-order chi connectivity index (χ0) is 15.1. The van der Waals surface area contributed by atoms with E-state index in [9.17, 15) is 8.42 Å². The molecule has 0 spiro atoms. The van der Waals surface area contributed by atoms with Gasteiger partial charge in [-0.15, -0.1) is 0 Å². The van der Waals surface area contributed by atoms with E-state index in [-0.39, 0.29) is 5.75 Å². The van der Waals surface area contributed by atoms with Crippen LogP contribution in [0.15, 0.2) is 24.3 Å². The second-order valence-electron chi connectivity index (χ2n) is 5.36. The van der Waals surface area contributed by atoms with Crippen molar-refractivity contribution in [3.63, 3.8) is 0 Å². The van der Waals surface area contributed by atoms with Crippen LogP contribution in [0, 0.1) is 11.3 Å². The summed E-state index contributed by atoms with van der Waals surface area (Å²) in [5.74, 6) is -0.0429. The Labute approximate surface area is 126 Å². The predicted molar refractivity (Wildman–Crippen MR) is 82.1 cm³/mol. The normalized spacial score (nSPS) is 16.5. The minimum atomic E-state index is -3.31. The molecule has 2 rings (SSSR count). The molecule has 0 amide bonds. The number of benzene rings is 1. The fraction of sp³-hybridized carbons (Fsp3) is 0.533. The Kier molecular flexibility index (Phi) is 5.74. The first-order valence-corrected chi connectivity index (χ1v) is 8.93. The van der Waals surface area contributed by atoms with Crippen LogP contribution < -0.4 is 4.72 Å². The minimum Gasteiger partial charge on any atom is -0.302 e. The molecule has 0 saturated carbocycles. The van der Waals surface area contributed by atoms with Crippen LogP contribution in [-0.4, -0.2) is 39.5 Å². The highest BCUT2D eigenvalue weighted by Crippen LogP contribution is 2.09. The standard InChI is InChI=1S/C15H21N3O2S/c16-12-14-4-6-15(7-5-14)13-21(19,20)17-8-11-18-9-2-1-3-10-18/h4-7,17H,1-3,8-11,13H2. The third kappa shape index (κ3) is 5.46. The molecule has 21 heavy (non-hydrogen) atoms. The van der Waals surface area contributed by atoms with Crippen molar-refractivity contribution in [2.45, 2.75) is 25.0 Å². The van der Waals surface area contributed by atoms with Gasteiger partial charge in [0, 0.05) is 13.1 Å². The molecule has 1 aliphatic heterocycles. The van der Waals surface area contributed by atoms with Gasteiger partial charge in [0.15, 0.2) is 0 Å². The Morgan fingerprint density at radius 1 is 1.14 bits per heavy atom. The molecule has 1 aromatic carbocycles. The summed E-state index contributed by atoms with van der Waals surface area (Å²) in [6.07, 6.45) is 3.69. The van der Waals surface area contributed by atoms with E-state index in [0.717, 1.165) is 19.6 Å². The fourth-order valence-corrected chi connectivity index (χ4v) is 3.62. The molecule has 1 aliphatic rings. The van der Waals surface area contributed by atoms with Gasteiger partial charge in [-0.2, -0.15) is 5.26 Å². The molecular formula is C15H21N3O2S. The molecule has 5 nitrogen and oxygen atoms in total. The Hall–Kier alpha value is -1.42. The first kappa shape index (κ1) is 16.0. The molecule has 1 aromatic rings. The lowest BCUT2D eigenvalue weighted by molar-refractivity contribution is 0.232. The van der Waals surface area contributed by atoms with Crippen LogP contribution in [0.1, 0.15) is 30.4 Å². The zero-order valence-electron chi connectivity index (χ0n) is 12.1. The first-order valence-electron chi connectivity index (χ1n) is 7.28. The minimum absolute atomic E-state index is 0.0429. The van der Waals surface area contributed by atoms with Crippen LogP contribution in [0.4, 0.5) is 0 Å². The summed E-state index contributed by atoms with van der Waals surface area (Å²) in [5.41, 5.74) is 1.23. The summed E-state index contributed by atoms with van der Waals surface area (Å²) in [7, 11) is -3.31. The highest BCUT2D eigenvalue weighted by atomic mass is 32.2. The van der Waals surface area contributed by atoms with E-state index < -0.39 is 10.0 Å². The van der Waals surface area contributed by atoms with E-state index in [4.69, 9.17) is 5.26 Å². The molecule has 6 heteroatoms. The molecule has 0 atom stereocenters. The van der Waals surface area contributed by atoms with Gasteiger partial charge in [0.25, 0.3) is 0 Å². The quantitative estimate of drug-likeness (QED) is 0.863. The average Bonchev–Trinajstić information content (AvgIpc) is 2.48. The second kappa shape index (κ2) is 7.55. The number of nitrogens with one attached hydrogen (secondary N) is 1. The average molecular weight is 307 g/mol. The molecule has 0 bridgehead atoms. The monoisotopic (exact) mass is 307 g/mol. The maximum Gasteiger partial charge on any atom is 0.215 e. The summed E-state index contributed by atoms with van der Waals surface area (Å²) in [6, 6.07) is 8.66. The lowest BCUT2D eigenvalue weighted by Crippen LogP contribution is -2.38. The number of piperidine rings is 1. The Bertz CT molecular complexity index is 584. The summed E-state index contributed by atoms with van der Waals surface area (Å²) in [5, 5.41) is 8.72. The van der Waals surface area contributed by atoms with Crippen molar-refractivity contribution in [1.82, 2.24) is 9.62 Å². The van der Waals surface area contributed by atoms with E-state index in [0.29, 0.717) is 17.7 Å². The van der Waals surface area contributed by atoms with Crippen LogP contribution in [-0.2, 0) is 15.8 Å². The van der Waals surface area contributed by atoms with Crippen LogP contribution >= 0.6 is 0 Å². The lowest BCUT2D eigenvalue weighted by Gasteiger charge is -2.26. The molecule has 114 valence electrons. The maximum absolute atomic E-state index is 12.0. The van der Waals surface area contributed by atoms with Gasteiger partial charge in [-0.3, -0.25) is 0 Å². The number of nitriles is 1. The summed E-state index contributed by atoms with van der Waals surface area (Å²) in [4.78, 5) is 2.30. The Balaban J connectivity index is 1.79. The van der Waals surface area contributed by atoms with Crippen molar-refractivity contribution in [1.29, 1.82) is 5.26 Å². The summed E-state index contributed by atoms with van der Waals surface area (Å²) >= 11 is 0. The molecule has 0 aliphatic carbocycles. The van der Waals surface area contributed by atoms with Gasteiger partial charge < -0.3 is 4.90 Å². The van der Waals surface area contributed by atoms with Gasteiger partial charge in [0.05, 0.1) is 17.4 Å². The van der Waals surface area contributed by atoms with E-state index >= 15 is 0 Å². The molecule has 1 saturated heterocycles. The third-order valence-electron chi connectivity index (χ3n) is 3.64. The van der Waals surface area contributed by atoms with Gasteiger partial charge in [0.1, 0.15) is 0 Å². The fourth-order valence-electron chi connectivity index (χ4n) is 2.49. The van der Waals surface area contributed by atoms with Crippen LogP contribution in [0.3, 0.4) is 0 Å². The van der Waals surface area contributed by atoms with E-state index in [1.807, 2.05) is 6.07 Å². The van der Waals surface area contributed by atoms with Gasteiger partial charge in [-0.1, -0.05) is 18.6 Å². The number of sulfonamides is 1. The lowest BCUT2D eigenvalue weighted by atomic mass is 10.1. The maximum atomic E-state index is 12.0. The number of likely N-dealkylation sites (tertiary alicyclic amines) is 1. The van der Waals surface area contributed by atoms with E-state index in [1.165, 1.54) is 19.3 Å². The number of nitrogens with zero attached hydrogens (tertiary/aromatic N) is 2. The molecule has 1 heterocycles. The SMILES string of the molecule is N#Cc1ccc(CS(=O)(=O)NCCN2CCCCC2)cc1. The van der Waals surface area contributed by atoms with Crippen LogP contribution in [0.2, 0.25) is 0 Å². The van der Waals surface area contributed by atoms with Gasteiger partial charge >= 0.3 is 0 Å². The Morgan fingerprint density at radius 2 is 1.81 bits per heavy atom. The van der Waals surface area contributed by atoms with Crippen molar-refractivity contribution >= 4 is 10.0 Å². The number of hydrogen-bond donors (Lipinski definition) is 1. The van der Waals surface area contributed by atoms with Crippen LogP contribution in [0.5, 0.6) is 0 Å². The molecule has 0 unspecified atom stereocenters. The largest absolute Gasteiger partial charge is 0.302 e. The molecule has 0 radical (unpaired) electrons. The van der Waals surface area contributed by atoms with E-state index in [1.54, 1.807) is 24.3 Å². The van der Waals surface area contributed by atoms with Gasteiger partial charge in [-0.25, -0.2) is 13.1 Å². The number of rotatable bonds is 6. The first-order chi connectivity index (χ1) is 10.1. The van der Waals surface area contributed by atoms with Crippen molar-refractivity contribution in [2.24, 2.45) is 0 Å². The summed E-state index contributed by atoms with van der Waals surface area (Å²) < 4.78 is 26.7. The van der Waals surface area contributed by atoms with Crippen molar-refractivity contribution in [3.05, 3.63) is 35.4 Å². The van der Waals surface area contributed by atoms with Crippen molar-refractivity contribution < 1.29 is 8.42 Å². The molecule has 1 N–H and O–H groups in total. The topological polar surface area (TPSA) is 73.2 Å². The summed E-state index contributed by atoms with van der Waals surface area (Å²) in [6.45, 7) is 3.36. The van der Waals surface area contributed by atoms with Crippen LogP contribution in [0.25, 0.3) is 0 Å². The smallest absolute Gasteiger partial charge is 0.215 e.